The number of nitrogens with one attached hydrogen (secondary N) is 2. The Kier molecular flexibility index (Phi) is 4.69. The molecule has 0 aliphatic carbocycles. The van der Waals surface area contributed by atoms with E-state index in [1.807, 2.05) is 12.1 Å². The molecular formula is C17H21N3O4. The van der Waals surface area contributed by atoms with Gasteiger partial charge in [0.25, 0.3) is 5.91 Å². The van der Waals surface area contributed by atoms with E-state index < -0.39 is 0 Å². The molecule has 24 heavy (non-hydrogen) atoms. The molecule has 1 fully saturated rings. The van der Waals surface area contributed by atoms with E-state index in [0.717, 1.165) is 5.56 Å². The number of hydrogen-bond donors (Lipinski definition) is 2. The first-order valence-electron chi connectivity index (χ1n) is 8.12. The van der Waals surface area contributed by atoms with E-state index in [1.54, 1.807) is 17.9 Å². The van der Waals surface area contributed by atoms with Crippen molar-refractivity contribution in [2.45, 2.75) is 26.3 Å². The van der Waals surface area contributed by atoms with Gasteiger partial charge in [-0.1, -0.05) is 6.07 Å². The van der Waals surface area contributed by atoms with Crippen molar-refractivity contribution in [2.24, 2.45) is 5.92 Å². The highest BCUT2D eigenvalue weighted by Crippen LogP contribution is 2.28. The van der Waals surface area contributed by atoms with Gasteiger partial charge >= 0.3 is 0 Å². The summed E-state index contributed by atoms with van der Waals surface area (Å²) in [4.78, 5) is 36.6. The monoisotopic (exact) mass is 331 g/mol. The van der Waals surface area contributed by atoms with Crippen LogP contribution < -0.4 is 15.4 Å². The molecule has 3 rings (SSSR count). The summed E-state index contributed by atoms with van der Waals surface area (Å²) in [6.07, 6.45) is 1.40. The van der Waals surface area contributed by atoms with Crippen LogP contribution in [-0.2, 0) is 20.9 Å². The predicted octanol–water partition coefficient (Wildman–Crippen LogP) is 0.892. The Morgan fingerprint density at radius 1 is 1.33 bits per heavy atom. The van der Waals surface area contributed by atoms with Crippen LogP contribution >= 0.6 is 0 Å². The van der Waals surface area contributed by atoms with Crippen molar-refractivity contribution < 1.29 is 19.1 Å². The largest absolute Gasteiger partial charge is 0.482 e. The minimum Gasteiger partial charge on any atom is -0.482 e. The maximum Gasteiger partial charge on any atom is 0.262 e. The highest BCUT2D eigenvalue weighted by atomic mass is 16.5. The molecule has 0 unspecified atom stereocenters. The number of likely N-dealkylation sites (tertiary alicyclic amines) is 1. The number of amides is 3. The van der Waals surface area contributed by atoms with Crippen LogP contribution in [0.1, 0.15) is 25.3 Å². The van der Waals surface area contributed by atoms with Gasteiger partial charge < -0.3 is 20.3 Å². The summed E-state index contributed by atoms with van der Waals surface area (Å²) in [5.74, 6) is 0.491. The number of anilines is 1. The predicted molar refractivity (Wildman–Crippen MR) is 87.4 cm³/mol. The summed E-state index contributed by atoms with van der Waals surface area (Å²) in [7, 11) is 0. The van der Waals surface area contributed by atoms with Gasteiger partial charge in [-0.15, -0.1) is 0 Å². The maximum atomic E-state index is 12.3. The van der Waals surface area contributed by atoms with Crippen molar-refractivity contribution >= 4 is 23.4 Å². The highest BCUT2D eigenvalue weighted by Gasteiger charge is 2.25. The van der Waals surface area contributed by atoms with E-state index >= 15 is 0 Å². The third-order valence-electron chi connectivity index (χ3n) is 4.46. The van der Waals surface area contributed by atoms with Gasteiger partial charge in [0.2, 0.25) is 11.8 Å². The molecule has 1 aromatic rings. The van der Waals surface area contributed by atoms with Gasteiger partial charge in [0.05, 0.1) is 5.69 Å². The molecule has 7 heteroatoms. The topological polar surface area (TPSA) is 87.7 Å². The number of carbonyl (C=O) groups excluding carboxylic acids is 3. The fourth-order valence-corrected chi connectivity index (χ4v) is 3.02. The van der Waals surface area contributed by atoms with Crippen molar-refractivity contribution in [3.63, 3.8) is 0 Å². The van der Waals surface area contributed by atoms with Gasteiger partial charge in [-0.3, -0.25) is 14.4 Å². The van der Waals surface area contributed by atoms with Crippen LogP contribution in [0.4, 0.5) is 5.69 Å². The number of benzene rings is 1. The summed E-state index contributed by atoms with van der Waals surface area (Å²) in [5, 5.41) is 5.68. The molecule has 0 aromatic heterocycles. The number of ether oxygens (including phenoxy) is 1. The first-order chi connectivity index (χ1) is 11.5. The third kappa shape index (κ3) is 3.67. The minimum absolute atomic E-state index is 0.0114. The molecule has 0 atom stereocenters. The van der Waals surface area contributed by atoms with E-state index in [9.17, 15) is 14.4 Å². The molecule has 2 N–H and O–H groups in total. The van der Waals surface area contributed by atoms with Crippen LogP contribution in [0.15, 0.2) is 18.2 Å². The quantitative estimate of drug-likeness (QED) is 0.861. The summed E-state index contributed by atoms with van der Waals surface area (Å²) in [5.41, 5.74) is 1.57. The molecule has 1 saturated heterocycles. The van der Waals surface area contributed by atoms with Gasteiger partial charge in [-0.25, -0.2) is 0 Å². The zero-order chi connectivity index (χ0) is 17.1. The smallest absolute Gasteiger partial charge is 0.262 e. The number of rotatable bonds is 3. The lowest BCUT2D eigenvalue weighted by Gasteiger charge is -2.30. The average molecular weight is 331 g/mol. The molecule has 0 bridgehead atoms. The van der Waals surface area contributed by atoms with E-state index in [4.69, 9.17) is 4.74 Å². The number of nitrogens with zero attached hydrogens (tertiary/aromatic N) is 1. The van der Waals surface area contributed by atoms with E-state index in [-0.39, 0.29) is 30.2 Å². The number of piperidine rings is 1. The summed E-state index contributed by atoms with van der Waals surface area (Å²) >= 11 is 0. The normalized spacial score (nSPS) is 17.5. The van der Waals surface area contributed by atoms with Crippen LogP contribution in [0.5, 0.6) is 5.75 Å². The molecule has 2 heterocycles. The molecule has 128 valence electrons. The minimum atomic E-state index is -0.166. The number of hydrogen-bond acceptors (Lipinski definition) is 4. The lowest BCUT2D eigenvalue weighted by atomic mass is 9.96. The van der Waals surface area contributed by atoms with Crippen LogP contribution in [0.3, 0.4) is 0 Å². The van der Waals surface area contributed by atoms with Crippen molar-refractivity contribution in [3.8, 4) is 5.75 Å². The second-order valence-electron chi connectivity index (χ2n) is 6.17. The van der Waals surface area contributed by atoms with Crippen LogP contribution in [0, 0.1) is 5.92 Å². The Morgan fingerprint density at radius 2 is 2.08 bits per heavy atom. The molecule has 0 radical (unpaired) electrons. The van der Waals surface area contributed by atoms with Gasteiger partial charge in [0, 0.05) is 32.5 Å². The van der Waals surface area contributed by atoms with Crippen molar-refractivity contribution in [3.05, 3.63) is 23.8 Å². The van der Waals surface area contributed by atoms with E-state index in [0.29, 0.717) is 43.9 Å². The van der Waals surface area contributed by atoms with Crippen molar-refractivity contribution in [1.82, 2.24) is 10.2 Å². The molecule has 3 amide bonds. The molecule has 0 saturated carbocycles. The van der Waals surface area contributed by atoms with E-state index in [2.05, 4.69) is 10.6 Å². The molecular weight excluding hydrogens is 310 g/mol. The SMILES string of the molecule is CC(=O)N1CCC(C(=O)NCc2ccc3c(c2)OCC(=O)N3)CC1. The fraction of sp³-hybridized carbons (Fsp3) is 0.471. The van der Waals surface area contributed by atoms with Gasteiger partial charge in [-0.2, -0.15) is 0 Å². The Labute approximate surface area is 140 Å². The number of fused-ring (bicyclic) bond motifs is 1. The third-order valence-corrected chi connectivity index (χ3v) is 4.46. The van der Waals surface area contributed by atoms with Gasteiger partial charge in [-0.05, 0) is 30.5 Å². The van der Waals surface area contributed by atoms with Gasteiger partial charge in [0.1, 0.15) is 5.75 Å². The maximum absolute atomic E-state index is 12.3. The fourth-order valence-electron chi connectivity index (χ4n) is 3.02. The lowest BCUT2D eigenvalue weighted by Crippen LogP contribution is -2.42. The number of carbonyl (C=O) groups is 3. The Bertz CT molecular complexity index is 666. The van der Waals surface area contributed by atoms with Crippen molar-refractivity contribution in [1.29, 1.82) is 0 Å². The molecule has 7 nitrogen and oxygen atoms in total. The summed E-state index contributed by atoms with van der Waals surface area (Å²) in [6.45, 7) is 3.26. The summed E-state index contributed by atoms with van der Waals surface area (Å²) < 4.78 is 5.37. The second-order valence-corrected chi connectivity index (χ2v) is 6.17. The van der Waals surface area contributed by atoms with E-state index in [1.165, 1.54) is 0 Å². The average Bonchev–Trinajstić information content (AvgIpc) is 2.59. The Balaban J connectivity index is 1.52. The highest BCUT2D eigenvalue weighted by molar-refractivity contribution is 5.95. The molecule has 0 spiro atoms. The Morgan fingerprint density at radius 3 is 2.79 bits per heavy atom. The first kappa shape index (κ1) is 16.3. The first-order valence-corrected chi connectivity index (χ1v) is 8.12. The molecule has 1 aromatic carbocycles. The lowest BCUT2D eigenvalue weighted by molar-refractivity contribution is -0.134. The Hall–Kier alpha value is -2.57. The zero-order valence-corrected chi connectivity index (χ0v) is 13.6. The zero-order valence-electron chi connectivity index (χ0n) is 13.6. The van der Waals surface area contributed by atoms with Crippen molar-refractivity contribution in [2.75, 3.05) is 25.0 Å². The standard InChI is InChI=1S/C17H21N3O4/c1-11(21)20-6-4-13(5-7-20)17(23)18-9-12-2-3-14-15(8-12)24-10-16(22)19-14/h2-3,8,13H,4-7,9-10H2,1H3,(H,18,23)(H,19,22). The summed E-state index contributed by atoms with van der Waals surface area (Å²) in [6, 6.07) is 5.46. The van der Waals surface area contributed by atoms with Crippen LogP contribution in [-0.4, -0.2) is 42.3 Å². The second kappa shape index (κ2) is 6.90. The van der Waals surface area contributed by atoms with Crippen LogP contribution in [0.25, 0.3) is 0 Å². The molecule has 2 aliphatic heterocycles. The van der Waals surface area contributed by atoms with Gasteiger partial charge in [0.15, 0.2) is 6.61 Å². The molecule has 2 aliphatic rings. The van der Waals surface area contributed by atoms with Crippen LogP contribution in [0.2, 0.25) is 0 Å².